The van der Waals surface area contributed by atoms with Crippen LogP contribution in [0.25, 0.3) is 11.3 Å². The first-order valence-corrected chi connectivity index (χ1v) is 8.63. The van der Waals surface area contributed by atoms with Crippen molar-refractivity contribution in [2.75, 3.05) is 13.1 Å². The van der Waals surface area contributed by atoms with Gasteiger partial charge in [-0.3, -0.25) is 14.7 Å². The molecule has 0 radical (unpaired) electrons. The number of aromatic nitrogens is 4. The lowest BCUT2D eigenvalue weighted by molar-refractivity contribution is 0.311. The molecule has 0 unspecified atom stereocenters. The molecule has 130 valence electrons. The smallest absolute Gasteiger partial charge is 0.123 e. The Hall–Kier alpha value is -2.47. The van der Waals surface area contributed by atoms with Gasteiger partial charge in [0.15, 0.2) is 0 Å². The van der Waals surface area contributed by atoms with Crippen LogP contribution in [-0.2, 0) is 6.54 Å². The third-order valence-corrected chi connectivity index (χ3v) is 4.88. The van der Waals surface area contributed by atoms with Crippen molar-refractivity contribution in [3.05, 3.63) is 59.3 Å². The first-order valence-electron chi connectivity index (χ1n) is 8.63. The second-order valence-electron chi connectivity index (χ2n) is 6.83. The highest BCUT2D eigenvalue weighted by atomic mass is 19.1. The maximum atomic E-state index is 13.2. The van der Waals surface area contributed by atoms with Gasteiger partial charge in [-0.1, -0.05) is 0 Å². The van der Waals surface area contributed by atoms with Gasteiger partial charge < -0.3 is 0 Å². The Balaban J connectivity index is 1.48. The first kappa shape index (κ1) is 16.0. The normalized spacial score (nSPS) is 18.1. The number of rotatable bonds is 4. The van der Waals surface area contributed by atoms with Crippen molar-refractivity contribution in [3.63, 3.8) is 0 Å². The molecule has 1 aliphatic heterocycles. The summed E-state index contributed by atoms with van der Waals surface area (Å²) in [6, 6.07) is 9.09. The van der Waals surface area contributed by atoms with E-state index >= 15 is 0 Å². The van der Waals surface area contributed by atoms with Gasteiger partial charge in [-0.25, -0.2) is 4.39 Å². The summed E-state index contributed by atoms with van der Waals surface area (Å²) in [5, 5.41) is 11.9. The summed E-state index contributed by atoms with van der Waals surface area (Å²) in [5.74, 6) is -0.225. The SMILES string of the molecule is Cc1cc(C)n([C@@H]2CCN(Cc3cn[nH]c3-c3ccc(F)cc3)C2)n1. The van der Waals surface area contributed by atoms with Crippen LogP contribution in [0, 0.1) is 19.7 Å². The number of hydrogen-bond donors (Lipinski definition) is 1. The Morgan fingerprint density at radius 3 is 2.76 bits per heavy atom. The van der Waals surface area contributed by atoms with Gasteiger partial charge in [-0.05, 0) is 50.6 Å². The molecule has 0 spiro atoms. The molecule has 25 heavy (non-hydrogen) atoms. The Morgan fingerprint density at radius 2 is 2.04 bits per heavy atom. The predicted octanol–water partition coefficient (Wildman–Crippen LogP) is 3.48. The van der Waals surface area contributed by atoms with Crippen molar-refractivity contribution in [2.24, 2.45) is 0 Å². The number of benzene rings is 1. The van der Waals surface area contributed by atoms with Gasteiger partial charge in [-0.15, -0.1) is 0 Å². The van der Waals surface area contributed by atoms with E-state index in [1.54, 1.807) is 12.1 Å². The van der Waals surface area contributed by atoms with Gasteiger partial charge in [0.05, 0.1) is 23.6 Å². The van der Waals surface area contributed by atoms with Gasteiger partial charge in [0.1, 0.15) is 5.82 Å². The molecule has 1 N–H and O–H groups in total. The van der Waals surface area contributed by atoms with Crippen LogP contribution in [-0.4, -0.2) is 38.0 Å². The predicted molar refractivity (Wildman–Crippen MR) is 94.6 cm³/mol. The lowest BCUT2D eigenvalue weighted by atomic mass is 10.1. The van der Waals surface area contributed by atoms with Crippen LogP contribution in [0.1, 0.15) is 29.4 Å². The molecule has 1 aliphatic rings. The fourth-order valence-corrected chi connectivity index (χ4v) is 3.71. The molecule has 2 aromatic heterocycles. The third-order valence-electron chi connectivity index (χ3n) is 4.88. The summed E-state index contributed by atoms with van der Waals surface area (Å²) < 4.78 is 15.3. The van der Waals surface area contributed by atoms with Crippen molar-refractivity contribution >= 4 is 0 Å². The number of likely N-dealkylation sites (tertiary alicyclic amines) is 1. The average molecular weight is 339 g/mol. The lowest BCUT2D eigenvalue weighted by Crippen LogP contribution is -2.22. The van der Waals surface area contributed by atoms with Crippen LogP contribution in [0.2, 0.25) is 0 Å². The van der Waals surface area contributed by atoms with E-state index < -0.39 is 0 Å². The zero-order valence-corrected chi connectivity index (χ0v) is 14.5. The highest BCUT2D eigenvalue weighted by Gasteiger charge is 2.26. The topological polar surface area (TPSA) is 49.7 Å². The van der Waals surface area contributed by atoms with Crippen molar-refractivity contribution in [3.8, 4) is 11.3 Å². The van der Waals surface area contributed by atoms with Crippen molar-refractivity contribution in [1.29, 1.82) is 0 Å². The molecule has 1 fully saturated rings. The van der Waals surface area contributed by atoms with E-state index in [2.05, 4.69) is 37.9 Å². The molecule has 0 saturated carbocycles. The van der Waals surface area contributed by atoms with E-state index in [9.17, 15) is 4.39 Å². The molecular weight excluding hydrogens is 317 g/mol. The van der Waals surface area contributed by atoms with Crippen LogP contribution < -0.4 is 0 Å². The van der Waals surface area contributed by atoms with Gasteiger partial charge in [0, 0.05) is 36.5 Å². The van der Waals surface area contributed by atoms with Crippen LogP contribution >= 0.6 is 0 Å². The largest absolute Gasteiger partial charge is 0.297 e. The summed E-state index contributed by atoms with van der Waals surface area (Å²) in [4.78, 5) is 2.43. The fraction of sp³-hybridized carbons (Fsp3) is 0.368. The van der Waals surface area contributed by atoms with Crippen molar-refractivity contribution in [1.82, 2.24) is 24.9 Å². The Morgan fingerprint density at radius 1 is 1.24 bits per heavy atom. The van der Waals surface area contributed by atoms with Gasteiger partial charge in [-0.2, -0.15) is 10.2 Å². The van der Waals surface area contributed by atoms with Crippen LogP contribution in [0.15, 0.2) is 36.5 Å². The highest BCUT2D eigenvalue weighted by molar-refractivity contribution is 5.62. The molecule has 0 amide bonds. The number of aromatic amines is 1. The summed E-state index contributed by atoms with van der Waals surface area (Å²) in [5.41, 5.74) is 5.36. The summed E-state index contributed by atoms with van der Waals surface area (Å²) >= 11 is 0. The van der Waals surface area contributed by atoms with Crippen molar-refractivity contribution in [2.45, 2.75) is 32.9 Å². The molecule has 3 heterocycles. The van der Waals surface area contributed by atoms with E-state index in [1.165, 1.54) is 17.8 Å². The number of halogens is 1. The standard InChI is InChI=1S/C19H22FN5/c1-13-9-14(2)25(23-13)18-7-8-24(12-18)11-16-10-21-22-19(16)15-3-5-17(20)6-4-15/h3-6,9-10,18H,7-8,11-12H2,1-2H3,(H,21,22)/t18-/m1/s1. The maximum absolute atomic E-state index is 13.2. The molecule has 1 atom stereocenters. The molecule has 0 bridgehead atoms. The molecule has 6 heteroatoms. The van der Waals surface area contributed by atoms with E-state index in [4.69, 9.17) is 0 Å². The number of aryl methyl sites for hydroxylation is 2. The maximum Gasteiger partial charge on any atom is 0.123 e. The highest BCUT2D eigenvalue weighted by Crippen LogP contribution is 2.27. The Bertz CT molecular complexity index is 864. The molecule has 5 nitrogen and oxygen atoms in total. The van der Waals surface area contributed by atoms with Crippen LogP contribution in [0.3, 0.4) is 0 Å². The molecule has 1 saturated heterocycles. The average Bonchev–Trinajstić information content (AvgIpc) is 3.29. The van der Waals surface area contributed by atoms with Crippen LogP contribution in [0.5, 0.6) is 0 Å². The zero-order chi connectivity index (χ0) is 17.4. The number of nitrogens with zero attached hydrogens (tertiary/aromatic N) is 4. The minimum absolute atomic E-state index is 0.225. The van der Waals surface area contributed by atoms with Gasteiger partial charge >= 0.3 is 0 Å². The minimum Gasteiger partial charge on any atom is -0.297 e. The molecule has 4 rings (SSSR count). The van der Waals surface area contributed by atoms with Gasteiger partial charge in [0.25, 0.3) is 0 Å². The summed E-state index contributed by atoms with van der Waals surface area (Å²) in [6.45, 7) is 7.01. The van der Waals surface area contributed by atoms with E-state index in [0.717, 1.165) is 48.6 Å². The zero-order valence-electron chi connectivity index (χ0n) is 14.5. The third kappa shape index (κ3) is 3.22. The van der Waals surface area contributed by atoms with Crippen molar-refractivity contribution < 1.29 is 4.39 Å². The van der Waals surface area contributed by atoms with Gasteiger partial charge in [0.2, 0.25) is 0 Å². The fourth-order valence-electron chi connectivity index (χ4n) is 3.71. The molecule has 0 aliphatic carbocycles. The molecule has 1 aromatic carbocycles. The summed E-state index contributed by atoms with van der Waals surface area (Å²) in [6.07, 6.45) is 2.97. The molecule has 3 aromatic rings. The Kier molecular flexibility index (Phi) is 4.13. The monoisotopic (exact) mass is 339 g/mol. The lowest BCUT2D eigenvalue weighted by Gasteiger charge is -2.17. The number of nitrogens with one attached hydrogen (secondary N) is 1. The Labute approximate surface area is 146 Å². The quantitative estimate of drug-likeness (QED) is 0.792. The second-order valence-corrected chi connectivity index (χ2v) is 6.83. The van der Waals surface area contributed by atoms with E-state index in [0.29, 0.717) is 6.04 Å². The number of H-pyrrole nitrogens is 1. The van der Waals surface area contributed by atoms with E-state index in [1.807, 2.05) is 13.1 Å². The number of hydrogen-bond acceptors (Lipinski definition) is 3. The van der Waals surface area contributed by atoms with E-state index in [-0.39, 0.29) is 5.82 Å². The van der Waals surface area contributed by atoms with Crippen LogP contribution in [0.4, 0.5) is 4.39 Å². The molecular formula is C19H22FN5. The first-order chi connectivity index (χ1) is 12.1. The minimum atomic E-state index is -0.225. The summed E-state index contributed by atoms with van der Waals surface area (Å²) in [7, 11) is 0. The second kappa shape index (κ2) is 6.44.